The van der Waals surface area contributed by atoms with Crippen LogP contribution in [0, 0.1) is 5.41 Å². The normalized spacial score (nSPS) is 11.8. The molecule has 0 spiro atoms. The average Bonchev–Trinajstić information content (AvgIpc) is 2.98. The van der Waals surface area contributed by atoms with Crippen molar-refractivity contribution in [3.05, 3.63) is 27.6 Å². The molecule has 7 heteroatoms. The van der Waals surface area contributed by atoms with E-state index in [1.54, 1.807) is 11.9 Å². The van der Waals surface area contributed by atoms with Crippen molar-refractivity contribution in [1.29, 1.82) is 0 Å². The van der Waals surface area contributed by atoms with Gasteiger partial charge in [-0.05, 0) is 24.3 Å². The number of aromatic nitrogens is 2. The molecule has 120 valence electrons. The van der Waals surface area contributed by atoms with Crippen molar-refractivity contribution < 1.29 is 4.79 Å². The van der Waals surface area contributed by atoms with Gasteiger partial charge >= 0.3 is 0 Å². The minimum atomic E-state index is -0.540. The Hall–Kier alpha value is -1.73. The SMILES string of the molecule is CCC(CC)(CN)C(=O)N(C)Cc1nc2ccsc2c(=O)[nH]1. The fourth-order valence-corrected chi connectivity index (χ4v) is 3.35. The van der Waals surface area contributed by atoms with Crippen LogP contribution in [0.4, 0.5) is 0 Å². The third-order valence-electron chi connectivity index (χ3n) is 4.30. The lowest BCUT2D eigenvalue weighted by Crippen LogP contribution is -2.46. The van der Waals surface area contributed by atoms with Gasteiger partial charge in [0.15, 0.2) is 0 Å². The molecular formula is C15H22N4O2S. The maximum absolute atomic E-state index is 12.7. The van der Waals surface area contributed by atoms with E-state index in [1.165, 1.54) is 11.3 Å². The van der Waals surface area contributed by atoms with Crippen LogP contribution in [-0.4, -0.2) is 34.4 Å². The highest BCUT2D eigenvalue weighted by Crippen LogP contribution is 2.27. The van der Waals surface area contributed by atoms with Crippen LogP contribution < -0.4 is 11.3 Å². The fraction of sp³-hybridized carbons (Fsp3) is 0.533. The molecule has 2 rings (SSSR count). The number of rotatable bonds is 6. The molecule has 0 radical (unpaired) electrons. The molecule has 0 atom stereocenters. The summed E-state index contributed by atoms with van der Waals surface area (Å²) in [6, 6.07) is 1.81. The number of aromatic amines is 1. The third-order valence-corrected chi connectivity index (χ3v) is 5.20. The van der Waals surface area contributed by atoms with E-state index < -0.39 is 5.41 Å². The Morgan fingerprint density at radius 2 is 2.14 bits per heavy atom. The minimum absolute atomic E-state index is 0.00642. The number of thiophene rings is 1. The summed E-state index contributed by atoms with van der Waals surface area (Å²) in [6.45, 7) is 4.53. The quantitative estimate of drug-likeness (QED) is 0.847. The number of nitrogens with one attached hydrogen (secondary N) is 1. The van der Waals surface area contributed by atoms with E-state index in [4.69, 9.17) is 5.73 Å². The first kappa shape index (κ1) is 16.6. The molecule has 2 aromatic heterocycles. The van der Waals surface area contributed by atoms with Crippen molar-refractivity contribution in [1.82, 2.24) is 14.9 Å². The number of carbonyl (C=O) groups is 1. The largest absolute Gasteiger partial charge is 0.338 e. The van der Waals surface area contributed by atoms with Crippen LogP contribution in [0.1, 0.15) is 32.5 Å². The van der Waals surface area contributed by atoms with Gasteiger partial charge < -0.3 is 15.6 Å². The molecule has 0 saturated heterocycles. The van der Waals surface area contributed by atoms with Gasteiger partial charge in [0, 0.05) is 13.6 Å². The second kappa shape index (κ2) is 6.58. The van der Waals surface area contributed by atoms with Crippen LogP contribution in [-0.2, 0) is 11.3 Å². The van der Waals surface area contributed by atoms with Crippen LogP contribution >= 0.6 is 11.3 Å². The first-order valence-electron chi connectivity index (χ1n) is 7.39. The van der Waals surface area contributed by atoms with Gasteiger partial charge in [-0.3, -0.25) is 9.59 Å². The number of hydrogen-bond donors (Lipinski definition) is 2. The highest BCUT2D eigenvalue weighted by Gasteiger charge is 2.35. The van der Waals surface area contributed by atoms with Crippen molar-refractivity contribution in [2.24, 2.45) is 11.1 Å². The van der Waals surface area contributed by atoms with Gasteiger partial charge in [0.25, 0.3) is 5.56 Å². The molecule has 2 heterocycles. The highest BCUT2D eigenvalue weighted by atomic mass is 32.1. The number of hydrogen-bond acceptors (Lipinski definition) is 5. The van der Waals surface area contributed by atoms with Gasteiger partial charge in [0.05, 0.1) is 17.5 Å². The van der Waals surface area contributed by atoms with E-state index in [1.807, 2.05) is 25.3 Å². The van der Waals surface area contributed by atoms with Gasteiger partial charge in [-0.15, -0.1) is 11.3 Å². The number of H-pyrrole nitrogens is 1. The molecule has 0 aliphatic carbocycles. The van der Waals surface area contributed by atoms with Crippen molar-refractivity contribution in [2.75, 3.05) is 13.6 Å². The molecule has 3 N–H and O–H groups in total. The Balaban J connectivity index is 2.24. The van der Waals surface area contributed by atoms with Crippen LogP contribution in [0.25, 0.3) is 10.2 Å². The Kier molecular flexibility index (Phi) is 4.97. The maximum Gasteiger partial charge on any atom is 0.268 e. The van der Waals surface area contributed by atoms with Crippen molar-refractivity contribution in [3.63, 3.8) is 0 Å². The molecule has 0 saturated carbocycles. The summed E-state index contributed by atoms with van der Waals surface area (Å²) in [6.07, 6.45) is 1.38. The number of amides is 1. The Morgan fingerprint density at radius 3 is 2.73 bits per heavy atom. The summed E-state index contributed by atoms with van der Waals surface area (Å²) in [7, 11) is 1.72. The predicted molar refractivity (Wildman–Crippen MR) is 88.8 cm³/mol. The lowest BCUT2D eigenvalue weighted by atomic mass is 9.81. The molecule has 0 aromatic carbocycles. The summed E-state index contributed by atoms with van der Waals surface area (Å²) in [5.41, 5.74) is 5.79. The van der Waals surface area contributed by atoms with Gasteiger partial charge in [-0.25, -0.2) is 4.98 Å². The van der Waals surface area contributed by atoms with Gasteiger partial charge in [0.1, 0.15) is 10.5 Å². The predicted octanol–water partition coefficient (Wildman–Crippen LogP) is 1.71. The van der Waals surface area contributed by atoms with Crippen LogP contribution in [0.2, 0.25) is 0 Å². The molecule has 0 unspecified atom stereocenters. The van der Waals surface area contributed by atoms with E-state index >= 15 is 0 Å². The van der Waals surface area contributed by atoms with E-state index in [2.05, 4.69) is 9.97 Å². The van der Waals surface area contributed by atoms with Crippen molar-refractivity contribution in [3.8, 4) is 0 Å². The van der Waals surface area contributed by atoms with Crippen LogP contribution in [0.15, 0.2) is 16.2 Å². The number of fused-ring (bicyclic) bond motifs is 1. The maximum atomic E-state index is 12.7. The van der Waals surface area contributed by atoms with E-state index in [0.717, 1.165) is 0 Å². The first-order chi connectivity index (χ1) is 10.5. The first-order valence-corrected chi connectivity index (χ1v) is 8.27. The summed E-state index contributed by atoms with van der Waals surface area (Å²) in [4.78, 5) is 33.4. The van der Waals surface area contributed by atoms with E-state index in [-0.39, 0.29) is 18.0 Å². The number of carbonyl (C=O) groups excluding carboxylic acids is 1. The Morgan fingerprint density at radius 1 is 1.45 bits per heavy atom. The van der Waals surface area contributed by atoms with E-state index in [0.29, 0.717) is 35.4 Å². The second-order valence-corrected chi connectivity index (χ2v) is 6.42. The minimum Gasteiger partial charge on any atom is -0.338 e. The topological polar surface area (TPSA) is 92.1 Å². The highest BCUT2D eigenvalue weighted by molar-refractivity contribution is 7.17. The van der Waals surface area contributed by atoms with Crippen molar-refractivity contribution in [2.45, 2.75) is 33.2 Å². The van der Waals surface area contributed by atoms with Crippen LogP contribution in [0.3, 0.4) is 0 Å². The van der Waals surface area contributed by atoms with Crippen LogP contribution in [0.5, 0.6) is 0 Å². The van der Waals surface area contributed by atoms with E-state index in [9.17, 15) is 9.59 Å². The Labute approximate surface area is 133 Å². The summed E-state index contributed by atoms with van der Waals surface area (Å²) in [5, 5.41) is 1.83. The summed E-state index contributed by atoms with van der Waals surface area (Å²) in [5.74, 6) is 0.484. The molecule has 0 aliphatic rings. The average molecular weight is 322 g/mol. The van der Waals surface area contributed by atoms with Gasteiger partial charge in [-0.2, -0.15) is 0 Å². The molecule has 1 amide bonds. The summed E-state index contributed by atoms with van der Waals surface area (Å²) >= 11 is 1.36. The van der Waals surface area contributed by atoms with Crippen molar-refractivity contribution >= 4 is 27.5 Å². The molecule has 0 aliphatic heterocycles. The van der Waals surface area contributed by atoms with Gasteiger partial charge in [0.2, 0.25) is 5.91 Å². The zero-order chi connectivity index (χ0) is 16.3. The Bertz CT molecular complexity index is 709. The number of nitrogens with two attached hydrogens (primary N) is 1. The van der Waals surface area contributed by atoms with Gasteiger partial charge in [-0.1, -0.05) is 13.8 Å². The molecule has 0 fully saturated rings. The monoisotopic (exact) mass is 322 g/mol. The second-order valence-electron chi connectivity index (χ2n) is 5.50. The fourth-order valence-electron chi connectivity index (χ4n) is 2.63. The lowest BCUT2D eigenvalue weighted by molar-refractivity contribution is -0.141. The zero-order valence-corrected chi connectivity index (χ0v) is 14.0. The molecule has 2 aromatic rings. The summed E-state index contributed by atoms with van der Waals surface area (Å²) < 4.78 is 0.608. The standard InChI is InChI=1S/C15H22N4O2S/c1-4-15(5-2,9-16)14(21)19(3)8-11-17-10-6-7-22-12(10)13(20)18-11/h6-7H,4-5,8-9,16H2,1-3H3,(H,17,18,20). The zero-order valence-electron chi connectivity index (χ0n) is 13.2. The molecule has 0 bridgehead atoms. The molecule has 22 heavy (non-hydrogen) atoms. The molecular weight excluding hydrogens is 300 g/mol. The third kappa shape index (κ3) is 2.91. The molecule has 6 nitrogen and oxygen atoms in total. The lowest BCUT2D eigenvalue weighted by Gasteiger charge is -2.33. The number of nitrogens with zero attached hydrogens (tertiary/aromatic N) is 2. The smallest absolute Gasteiger partial charge is 0.268 e.